The van der Waals surface area contributed by atoms with Gasteiger partial charge >= 0.3 is 0 Å². The van der Waals surface area contributed by atoms with Crippen LogP contribution in [0.1, 0.15) is 5.56 Å². The first kappa shape index (κ1) is 14.0. The smallest absolute Gasteiger partial charge is 0.226 e. The molecule has 0 saturated carbocycles. The van der Waals surface area contributed by atoms with Crippen molar-refractivity contribution in [3.63, 3.8) is 0 Å². The first-order chi connectivity index (χ1) is 7.99. The summed E-state index contributed by atoms with van der Waals surface area (Å²) in [6.45, 7) is 1.63. The number of likely N-dealkylation sites (N-methyl/N-ethyl adjacent to an activating group) is 2. The first-order valence-electron chi connectivity index (χ1n) is 5.62. The van der Waals surface area contributed by atoms with Crippen molar-refractivity contribution in [2.24, 2.45) is 0 Å². The highest BCUT2D eigenvalue weighted by Gasteiger charge is 2.09. The van der Waals surface area contributed by atoms with Crippen molar-refractivity contribution in [1.82, 2.24) is 9.80 Å². The second kappa shape index (κ2) is 6.62. The maximum Gasteiger partial charge on any atom is 0.226 e. The summed E-state index contributed by atoms with van der Waals surface area (Å²) in [4.78, 5) is 15.7. The second-order valence-electron chi connectivity index (χ2n) is 4.42. The third-order valence-corrected chi connectivity index (χ3v) is 2.83. The van der Waals surface area contributed by atoms with Crippen LogP contribution in [0.15, 0.2) is 24.3 Å². The van der Waals surface area contributed by atoms with Crippen molar-refractivity contribution in [2.45, 2.75) is 6.42 Å². The number of nitrogens with zero attached hydrogens (tertiary/aromatic N) is 2. The second-order valence-corrected chi connectivity index (χ2v) is 4.86. The van der Waals surface area contributed by atoms with Crippen LogP contribution < -0.4 is 0 Å². The maximum absolute atomic E-state index is 11.9. The Hall–Kier alpha value is -1.06. The summed E-state index contributed by atoms with van der Waals surface area (Å²) in [5.41, 5.74) is 0.996. The van der Waals surface area contributed by atoms with Gasteiger partial charge in [-0.25, -0.2) is 0 Å². The van der Waals surface area contributed by atoms with E-state index in [1.54, 1.807) is 4.90 Å². The number of carbonyl (C=O) groups is 1. The van der Waals surface area contributed by atoms with Crippen LogP contribution in [-0.2, 0) is 11.2 Å². The van der Waals surface area contributed by atoms with Crippen LogP contribution in [0.4, 0.5) is 0 Å². The van der Waals surface area contributed by atoms with E-state index in [-0.39, 0.29) is 5.91 Å². The fourth-order valence-corrected chi connectivity index (χ4v) is 1.51. The van der Waals surface area contributed by atoms with Gasteiger partial charge in [-0.15, -0.1) is 0 Å². The van der Waals surface area contributed by atoms with Gasteiger partial charge in [0.2, 0.25) is 5.91 Å². The molecule has 4 heteroatoms. The third-order valence-electron chi connectivity index (χ3n) is 2.58. The molecule has 3 nitrogen and oxygen atoms in total. The number of carbonyl (C=O) groups excluding carboxylic acids is 1. The molecule has 0 aromatic heterocycles. The van der Waals surface area contributed by atoms with Gasteiger partial charge in [0.1, 0.15) is 0 Å². The largest absolute Gasteiger partial charge is 0.344 e. The minimum atomic E-state index is 0.133. The van der Waals surface area contributed by atoms with E-state index in [9.17, 15) is 4.79 Å². The van der Waals surface area contributed by atoms with Gasteiger partial charge in [-0.05, 0) is 31.8 Å². The molecule has 0 spiro atoms. The highest BCUT2D eigenvalue weighted by molar-refractivity contribution is 6.30. The zero-order chi connectivity index (χ0) is 12.8. The van der Waals surface area contributed by atoms with E-state index in [0.717, 1.165) is 18.7 Å². The number of hydrogen-bond acceptors (Lipinski definition) is 2. The minimum absolute atomic E-state index is 0.133. The first-order valence-corrected chi connectivity index (χ1v) is 6.00. The molecule has 94 valence electrons. The van der Waals surface area contributed by atoms with Crippen LogP contribution in [0.25, 0.3) is 0 Å². The van der Waals surface area contributed by atoms with E-state index in [1.807, 2.05) is 45.4 Å². The lowest BCUT2D eigenvalue weighted by molar-refractivity contribution is -0.129. The lowest BCUT2D eigenvalue weighted by atomic mass is 10.1. The molecule has 0 aliphatic rings. The summed E-state index contributed by atoms with van der Waals surface area (Å²) in [6.07, 6.45) is 0.432. The number of rotatable bonds is 5. The van der Waals surface area contributed by atoms with Gasteiger partial charge < -0.3 is 9.80 Å². The van der Waals surface area contributed by atoms with Crippen LogP contribution in [-0.4, -0.2) is 49.9 Å². The molecule has 0 radical (unpaired) electrons. The highest BCUT2D eigenvalue weighted by atomic mass is 35.5. The molecule has 0 aliphatic heterocycles. The van der Waals surface area contributed by atoms with E-state index < -0.39 is 0 Å². The lowest BCUT2D eigenvalue weighted by Crippen LogP contribution is -2.34. The molecule has 1 rings (SSSR count). The molecular formula is C13H19ClN2O. The number of hydrogen-bond donors (Lipinski definition) is 0. The fraction of sp³-hybridized carbons (Fsp3) is 0.462. The molecule has 1 aromatic carbocycles. The van der Waals surface area contributed by atoms with E-state index in [2.05, 4.69) is 4.90 Å². The Morgan fingerprint density at radius 1 is 1.12 bits per heavy atom. The molecule has 0 atom stereocenters. The average Bonchev–Trinajstić information content (AvgIpc) is 2.28. The monoisotopic (exact) mass is 254 g/mol. The van der Waals surface area contributed by atoms with Gasteiger partial charge in [0.05, 0.1) is 6.42 Å². The molecule has 0 unspecified atom stereocenters. The van der Waals surface area contributed by atoms with Crippen LogP contribution in [0, 0.1) is 0 Å². The Morgan fingerprint density at radius 3 is 2.24 bits per heavy atom. The molecule has 1 aromatic rings. The van der Waals surface area contributed by atoms with Crippen LogP contribution in [0.2, 0.25) is 5.02 Å². The normalized spacial score (nSPS) is 10.6. The maximum atomic E-state index is 11.9. The summed E-state index contributed by atoms with van der Waals surface area (Å²) in [6, 6.07) is 7.40. The quantitative estimate of drug-likeness (QED) is 0.801. The van der Waals surface area contributed by atoms with Crippen molar-refractivity contribution in [3.8, 4) is 0 Å². The molecule has 0 bridgehead atoms. The van der Waals surface area contributed by atoms with Crippen molar-refractivity contribution in [1.29, 1.82) is 0 Å². The molecule has 0 aliphatic carbocycles. The Bertz CT molecular complexity index is 362. The predicted octanol–water partition coefficient (Wildman–Crippen LogP) is 1.90. The molecule has 0 saturated heterocycles. The number of benzene rings is 1. The molecular weight excluding hydrogens is 236 g/mol. The Kier molecular flexibility index (Phi) is 5.45. The predicted molar refractivity (Wildman–Crippen MR) is 71.3 cm³/mol. The topological polar surface area (TPSA) is 23.6 Å². The minimum Gasteiger partial charge on any atom is -0.344 e. The van der Waals surface area contributed by atoms with Gasteiger partial charge in [-0.1, -0.05) is 23.7 Å². The average molecular weight is 255 g/mol. The van der Waals surface area contributed by atoms with Crippen molar-refractivity contribution < 1.29 is 4.79 Å². The van der Waals surface area contributed by atoms with Crippen molar-refractivity contribution in [2.75, 3.05) is 34.2 Å². The van der Waals surface area contributed by atoms with Gasteiger partial charge in [-0.3, -0.25) is 4.79 Å². The standard InChI is InChI=1S/C13H19ClN2O/c1-15(2)8-9-16(3)13(17)10-11-4-6-12(14)7-5-11/h4-7H,8-10H2,1-3H3. The van der Waals surface area contributed by atoms with E-state index >= 15 is 0 Å². The van der Waals surface area contributed by atoms with Crippen LogP contribution in [0.3, 0.4) is 0 Å². The summed E-state index contributed by atoms with van der Waals surface area (Å²) < 4.78 is 0. The lowest BCUT2D eigenvalue weighted by Gasteiger charge is -2.19. The van der Waals surface area contributed by atoms with Gasteiger partial charge in [0.15, 0.2) is 0 Å². The van der Waals surface area contributed by atoms with E-state index in [4.69, 9.17) is 11.6 Å². The summed E-state index contributed by atoms with van der Waals surface area (Å²) in [5.74, 6) is 0.133. The van der Waals surface area contributed by atoms with E-state index in [0.29, 0.717) is 11.4 Å². The molecule has 17 heavy (non-hydrogen) atoms. The Labute approximate surface area is 108 Å². The van der Waals surface area contributed by atoms with Gasteiger partial charge in [0.25, 0.3) is 0 Å². The number of amides is 1. The van der Waals surface area contributed by atoms with Crippen molar-refractivity contribution >= 4 is 17.5 Å². The van der Waals surface area contributed by atoms with Gasteiger partial charge in [0, 0.05) is 25.2 Å². The van der Waals surface area contributed by atoms with Gasteiger partial charge in [-0.2, -0.15) is 0 Å². The molecule has 0 heterocycles. The van der Waals surface area contributed by atoms with Crippen LogP contribution in [0.5, 0.6) is 0 Å². The van der Waals surface area contributed by atoms with Crippen molar-refractivity contribution in [3.05, 3.63) is 34.9 Å². The highest BCUT2D eigenvalue weighted by Crippen LogP contribution is 2.10. The molecule has 0 fully saturated rings. The summed E-state index contributed by atoms with van der Waals surface area (Å²) >= 11 is 5.79. The third kappa shape index (κ3) is 5.20. The summed E-state index contributed by atoms with van der Waals surface area (Å²) in [5, 5.41) is 0.696. The summed E-state index contributed by atoms with van der Waals surface area (Å²) in [7, 11) is 5.83. The molecule has 1 amide bonds. The van der Waals surface area contributed by atoms with Crippen LogP contribution >= 0.6 is 11.6 Å². The number of halogens is 1. The molecule has 0 N–H and O–H groups in total. The zero-order valence-electron chi connectivity index (χ0n) is 10.6. The SMILES string of the molecule is CN(C)CCN(C)C(=O)Cc1ccc(Cl)cc1. The fourth-order valence-electron chi connectivity index (χ4n) is 1.39. The zero-order valence-corrected chi connectivity index (χ0v) is 11.4. The Balaban J connectivity index is 2.45. The Morgan fingerprint density at radius 2 is 1.71 bits per heavy atom. The van der Waals surface area contributed by atoms with E-state index in [1.165, 1.54) is 0 Å².